The molecule has 3 aliphatic heterocycles. The predicted molar refractivity (Wildman–Crippen MR) is 139 cm³/mol. The molecule has 0 unspecified atom stereocenters. The molecule has 0 aliphatic carbocycles. The standard InChI is InChI=1S/C27H44O9Si/c1-17-22-23(24(29-6)25(30-7)33-17)35-27(34-22)14-20(36-37(8,9)26(2,3)4)21(16-32-27)31-15-18-10-12-19(28-5)13-11-18/h10-13,17,20-25H,14-16H2,1-9H3/t17-,20-,21-,22-,23+,24-,25+,27+/m1/s1. The first-order valence-electron chi connectivity index (χ1n) is 13.0. The van der Waals surface area contributed by atoms with Gasteiger partial charge in [-0.3, -0.25) is 0 Å². The Kier molecular flexibility index (Phi) is 8.74. The third-order valence-electron chi connectivity index (χ3n) is 8.07. The molecule has 3 saturated heterocycles. The van der Waals surface area contributed by atoms with Crippen LogP contribution in [0.4, 0.5) is 0 Å². The van der Waals surface area contributed by atoms with Crippen molar-refractivity contribution >= 4 is 8.32 Å². The van der Waals surface area contributed by atoms with E-state index in [4.69, 9.17) is 42.3 Å². The van der Waals surface area contributed by atoms with Crippen molar-refractivity contribution in [2.75, 3.05) is 27.9 Å². The molecule has 0 saturated carbocycles. The zero-order valence-electron chi connectivity index (χ0n) is 23.6. The Labute approximate surface area is 222 Å². The van der Waals surface area contributed by atoms with Gasteiger partial charge in [-0.25, -0.2) is 0 Å². The van der Waals surface area contributed by atoms with Gasteiger partial charge in [0.2, 0.25) is 0 Å². The second-order valence-electron chi connectivity index (χ2n) is 11.6. The van der Waals surface area contributed by atoms with Crippen molar-refractivity contribution in [2.24, 2.45) is 0 Å². The molecule has 0 amide bonds. The molecule has 9 nitrogen and oxygen atoms in total. The fourth-order valence-corrected chi connectivity index (χ4v) is 6.17. The summed E-state index contributed by atoms with van der Waals surface area (Å²) in [5, 5.41) is 0.0273. The summed E-state index contributed by atoms with van der Waals surface area (Å²) >= 11 is 0. The molecule has 3 aliphatic rings. The molecule has 10 heteroatoms. The summed E-state index contributed by atoms with van der Waals surface area (Å²) in [6.45, 7) is 13.8. The van der Waals surface area contributed by atoms with Crippen LogP contribution in [0.25, 0.3) is 0 Å². The third-order valence-corrected chi connectivity index (χ3v) is 12.6. The summed E-state index contributed by atoms with van der Waals surface area (Å²) < 4.78 is 55.0. The SMILES string of the molecule is COc1ccc(CO[C@@H]2CO[C@]3(C[C@H]2O[Si](C)(C)C(C)(C)C)O[C@@H]2[C@@H](OC)[C@@H](OC)O[C@H](C)[C@H]2O3)cc1. The van der Waals surface area contributed by atoms with Crippen LogP contribution in [0.5, 0.6) is 5.75 Å². The molecule has 37 heavy (non-hydrogen) atoms. The van der Waals surface area contributed by atoms with E-state index in [1.807, 2.05) is 31.2 Å². The molecule has 0 bridgehead atoms. The van der Waals surface area contributed by atoms with E-state index in [1.165, 1.54) is 0 Å². The minimum atomic E-state index is -2.14. The van der Waals surface area contributed by atoms with E-state index < -0.39 is 32.8 Å². The molecule has 0 aromatic heterocycles. The van der Waals surface area contributed by atoms with E-state index in [9.17, 15) is 0 Å². The second kappa shape index (κ2) is 11.2. The maximum atomic E-state index is 6.91. The van der Waals surface area contributed by atoms with Gasteiger partial charge in [0.25, 0.3) is 5.97 Å². The minimum Gasteiger partial charge on any atom is -0.497 e. The first-order chi connectivity index (χ1) is 17.4. The van der Waals surface area contributed by atoms with Gasteiger partial charge in [0.1, 0.15) is 30.2 Å². The quantitative estimate of drug-likeness (QED) is 0.450. The lowest BCUT2D eigenvalue weighted by Crippen LogP contribution is -2.57. The van der Waals surface area contributed by atoms with Crippen LogP contribution in [0.2, 0.25) is 18.1 Å². The zero-order chi connectivity index (χ0) is 27.0. The molecule has 4 rings (SSSR count). The normalized spacial score (nSPS) is 36.5. The summed E-state index contributed by atoms with van der Waals surface area (Å²) in [4.78, 5) is 0. The van der Waals surface area contributed by atoms with Crippen LogP contribution < -0.4 is 4.74 Å². The van der Waals surface area contributed by atoms with Gasteiger partial charge in [-0.05, 0) is 42.8 Å². The van der Waals surface area contributed by atoms with Gasteiger partial charge in [-0.1, -0.05) is 32.9 Å². The van der Waals surface area contributed by atoms with E-state index in [0.29, 0.717) is 13.0 Å². The van der Waals surface area contributed by atoms with E-state index in [2.05, 4.69) is 33.9 Å². The largest absolute Gasteiger partial charge is 0.497 e. The van der Waals surface area contributed by atoms with Crippen LogP contribution in [0.3, 0.4) is 0 Å². The maximum Gasteiger partial charge on any atom is 0.286 e. The van der Waals surface area contributed by atoms with Crippen molar-refractivity contribution in [3.05, 3.63) is 29.8 Å². The van der Waals surface area contributed by atoms with Gasteiger partial charge >= 0.3 is 0 Å². The van der Waals surface area contributed by atoms with Gasteiger partial charge in [0, 0.05) is 14.2 Å². The lowest BCUT2D eigenvalue weighted by molar-refractivity contribution is -0.381. The van der Waals surface area contributed by atoms with Gasteiger partial charge in [-0.2, -0.15) is 0 Å². The highest BCUT2D eigenvalue weighted by atomic mass is 28.4. The highest BCUT2D eigenvalue weighted by Gasteiger charge is 2.61. The summed E-state index contributed by atoms with van der Waals surface area (Å²) in [5.74, 6) is -0.453. The third kappa shape index (κ3) is 6.07. The van der Waals surface area contributed by atoms with Gasteiger partial charge in [0.15, 0.2) is 14.6 Å². The first-order valence-corrected chi connectivity index (χ1v) is 16.0. The average molecular weight is 541 g/mol. The zero-order valence-corrected chi connectivity index (χ0v) is 24.6. The molecular weight excluding hydrogens is 496 g/mol. The topological polar surface area (TPSA) is 83.1 Å². The highest BCUT2D eigenvalue weighted by molar-refractivity contribution is 6.74. The van der Waals surface area contributed by atoms with E-state index >= 15 is 0 Å². The van der Waals surface area contributed by atoms with E-state index in [0.717, 1.165) is 11.3 Å². The van der Waals surface area contributed by atoms with Crippen LogP contribution in [0.15, 0.2) is 24.3 Å². The Morgan fingerprint density at radius 2 is 1.65 bits per heavy atom. The summed E-state index contributed by atoms with van der Waals surface area (Å²) in [7, 11) is 2.73. The summed E-state index contributed by atoms with van der Waals surface area (Å²) in [6, 6.07) is 7.86. The lowest BCUT2D eigenvalue weighted by Gasteiger charge is -2.46. The lowest BCUT2D eigenvalue weighted by atomic mass is 10.00. The number of benzene rings is 1. The summed E-state index contributed by atoms with van der Waals surface area (Å²) in [5.41, 5.74) is 1.05. The number of hydrogen-bond donors (Lipinski definition) is 0. The van der Waals surface area contributed by atoms with Gasteiger partial charge < -0.3 is 42.3 Å². The fourth-order valence-electron chi connectivity index (χ4n) is 4.82. The Hall–Kier alpha value is -1.08. The van der Waals surface area contributed by atoms with E-state index in [1.54, 1.807) is 21.3 Å². The molecule has 3 fully saturated rings. The molecule has 1 aromatic carbocycles. The molecule has 3 heterocycles. The van der Waals surface area contributed by atoms with Crippen LogP contribution in [-0.4, -0.2) is 85.1 Å². The molecule has 8 atom stereocenters. The average Bonchev–Trinajstić information content (AvgIpc) is 3.22. The summed E-state index contributed by atoms with van der Waals surface area (Å²) in [6.07, 6.45) is -2.19. The monoisotopic (exact) mass is 540 g/mol. The molecule has 210 valence electrons. The molecular formula is C27H44O9Si. The number of rotatable bonds is 8. The molecule has 1 aromatic rings. The minimum absolute atomic E-state index is 0.0273. The fraction of sp³-hybridized carbons (Fsp3) is 0.778. The Bertz CT molecular complexity index is 889. The Morgan fingerprint density at radius 1 is 0.973 bits per heavy atom. The van der Waals surface area contributed by atoms with Crippen LogP contribution in [0.1, 0.15) is 39.7 Å². The van der Waals surface area contributed by atoms with Crippen molar-refractivity contribution in [3.63, 3.8) is 0 Å². The first kappa shape index (κ1) is 28.9. The van der Waals surface area contributed by atoms with E-state index in [-0.39, 0.29) is 36.1 Å². The van der Waals surface area contributed by atoms with Gasteiger partial charge in [-0.15, -0.1) is 0 Å². The maximum absolute atomic E-state index is 6.91. The van der Waals surface area contributed by atoms with Crippen molar-refractivity contribution < 1.29 is 42.3 Å². The van der Waals surface area contributed by atoms with Crippen molar-refractivity contribution in [2.45, 2.75) is 108 Å². The second-order valence-corrected chi connectivity index (χ2v) is 16.4. The van der Waals surface area contributed by atoms with Crippen molar-refractivity contribution in [1.29, 1.82) is 0 Å². The predicted octanol–water partition coefficient (Wildman–Crippen LogP) is 4.24. The van der Waals surface area contributed by atoms with Crippen LogP contribution in [0, 0.1) is 0 Å². The highest BCUT2D eigenvalue weighted by Crippen LogP contribution is 2.46. The Balaban J connectivity index is 1.53. The Morgan fingerprint density at radius 3 is 2.24 bits per heavy atom. The van der Waals surface area contributed by atoms with Crippen LogP contribution >= 0.6 is 0 Å². The smallest absolute Gasteiger partial charge is 0.286 e. The van der Waals surface area contributed by atoms with Crippen LogP contribution in [-0.2, 0) is 44.2 Å². The van der Waals surface area contributed by atoms with Gasteiger partial charge in [0.05, 0.1) is 39.0 Å². The number of hydrogen-bond acceptors (Lipinski definition) is 9. The number of fused-ring (bicyclic) bond motifs is 1. The number of methoxy groups -OCH3 is 3. The molecule has 0 radical (unpaired) electrons. The van der Waals surface area contributed by atoms with Crippen molar-refractivity contribution in [3.8, 4) is 5.75 Å². The molecule has 0 N–H and O–H groups in total. The van der Waals surface area contributed by atoms with Crippen molar-refractivity contribution in [1.82, 2.24) is 0 Å². The molecule has 1 spiro atoms. The number of ether oxygens (including phenoxy) is 8.